The van der Waals surface area contributed by atoms with Crippen LogP contribution >= 0.6 is 11.8 Å². The van der Waals surface area contributed by atoms with Crippen molar-refractivity contribution in [2.45, 2.75) is 37.1 Å². The first-order chi connectivity index (χ1) is 9.30. The number of benzene rings is 1. The summed E-state index contributed by atoms with van der Waals surface area (Å²) >= 11 is 1.81. The van der Waals surface area contributed by atoms with E-state index in [4.69, 9.17) is 4.74 Å². The van der Waals surface area contributed by atoms with E-state index < -0.39 is 0 Å². The molecule has 1 amide bonds. The summed E-state index contributed by atoms with van der Waals surface area (Å²) in [6.45, 7) is 3.01. The Bertz CT molecular complexity index is 436. The largest absolute Gasteiger partial charge is 0.497 e. The molecule has 0 saturated heterocycles. The minimum Gasteiger partial charge on any atom is -0.497 e. The van der Waals surface area contributed by atoms with Gasteiger partial charge in [-0.2, -0.15) is 0 Å². The van der Waals surface area contributed by atoms with Gasteiger partial charge < -0.3 is 9.64 Å². The van der Waals surface area contributed by atoms with Crippen molar-refractivity contribution in [1.29, 1.82) is 0 Å². The number of fused-ring (bicyclic) bond motifs is 1. The lowest BCUT2D eigenvalue weighted by Gasteiger charge is -2.27. The number of thioether (sulfide) groups is 1. The summed E-state index contributed by atoms with van der Waals surface area (Å²) in [6, 6.07) is 6.41. The summed E-state index contributed by atoms with van der Waals surface area (Å²) in [7, 11) is 1.69. The van der Waals surface area contributed by atoms with Crippen LogP contribution in [0.4, 0.5) is 0 Å². The molecule has 2 rings (SSSR count). The molecule has 1 aromatic rings. The molecule has 0 N–H and O–H groups in total. The Labute approximate surface area is 119 Å². The van der Waals surface area contributed by atoms with E-state index >= 15 is 0 Å². The fraction of sp³-hybridized carbons (Fsp3) is 0.533. The van der Waals surface area contributed by atoms with E-state index in [-0.39, 0.29) is 6.04 Å². The second kappa shape index (κ2) is 6.85. The summed E-state index contributed by atoms with van der Waals surface area (Å²) in [5, 5.41) is 0. The zero-order valence-electron chi connectivity index (χ0n) is 11.6. The number of hydrogen-bond acceptors (Lipinski definition) is 3. The van der Waals surface area contributed by atoms with Crippen LogP contribution < -0.4 is 4.74 Å². The summed E-state index contributed by atoms with van der Waals surface area (Å²) in [6.07, 6.45) is 4.34. The third-order valence-corrected chi connectivity index (χ3v) is 4.60. The topological polar surface area (TPSA) is 29.5 Å². The second-order valence-electron chi connectivity index (χ2n) is 4.75. The zero-order valence-corrected chi connectivity index (χ0v) is 12.4. The van der Waals surface area contributed by atoms with Crippen molar-refractivity contribution in [2.24, 2.45) is 0 Å². The Balaban J connectivity index is 2.33. The van der Waals surface area contributed by atoms with Gasteiger partial charge in [-0.15, -0.1) is 11.8 Å². The van der Waals surface area contributed by atoms with Crippen LogP contribution in [-0.4, -0.2) is 30.7 Å². The third kappa shape index (κ3) is 3.24. The molecule has 0 aliphatic carbocycles. The number of hydrogen-bond donors (Lipinski definition) is 0. The molecular formula is C15H21NO2S. The van der Waals surface area contributed by atoms with E-state index in [1.54, 1.807) is 7.11 Å². The minimum atomic E-state index is 0.216. The quantitative estimate of drug-likeness (QED) is 0.773. The first-order valence-corrected chi connectivity index (χ1v) is 7.80. The van der Waals surface area contributed by atoms with E-state index in [0.717, 1.165) is 43.7 Å². The number of methoxy groups -OCH3 is 1. The second-order valence-corrected chi connectivity index (χ2v) is 5.89. The molecule has 0 aromatic heterocycles. The monoisotopic (exact) mass is 279 g/mol. The molecule has 1 atom stereocenters. The van der Waals surface area contributed by atoms with Gasteiger partial charge in [0.2, 0.25) is 6.41 Å². The average Bonchev–Trinajstić information content (AvgIpc) is 2.63. The molecule has 19 heavy (non-hydrogen) atoms. The molecule has 0 saturated carbocycles. The maximum atomic E-state index is 11.3. The third-order valence-electron chi connectivity index (χ3n) is 3.55. The molecule has 0 spiro atoms. The highest BCUT2D eigenvalue weighted by molar-refractivity contribution is 7.99. The summed E-state index contributed by atoms with van der Waals surface area (Å²) in [5.74, 6) is 1.83. The Hall–Kier alpha value is -1.16. The van der Waals surface area contributed by atoms with E-state index in [1.807, 2.05) is 22.7 Å². The number of carbonyl (C=O) groups is 1. The lowest BCUT2D eigenvalue weighted by Crippen LogP contribution is -2.28. The normalized spacial score (nSPS) is 18.6. The van der Waals surface area contributed by atoms with Crippen LogP contribution in [0.25, 0.3) is 0 Å². The van der Waals surface area contributed by atoms with Gasteiger partial charge in [-0.05, 0) is 24.1 Å². The Morgan fingerprint density at radius 3 is 3.05 bits per heavy atom. The van der Waals surface area contributed by atoms with Crippen LogP contribution in [0, 0.1) is 0 Å². The summed E-state index contributed by atoms with van der Waals surface area (Å²) < 4.78 is 5.29. The van der Waals surface area contributed by atoms with Crippen molar-refractivity contribution < 1.29 is 9.53 Å². The van der Waals surface area contributed by atoms with Gasteiger partial charge in [-0.1, -0.05) is 25.8 Å². The van der Waals surface area contributed by atoms with Crippen LogP contribution in [0.5, 0.6) is 5.75 Å². The van der Waals surface area contributed by atoms with Gasteiger partial charge in [0.1, 0.15) is 5.75 Å². The maximum absolute atomic E-state index is 11.3. The fourth-order valence-electron chi connectivity index (χ4n) is 2.48. The highest BCUT2D eigenvalue weighted by Crippen LogP contribution is 2.38. The SMILES string of the molecule is CCCCC1c2ccc(OC)cc2SCCN1C=O. The van der Waals surface area contributed by atoms with Gasteiger partial charge in [-0.25, -0.2) is 0 Å². The number of nitrogens with zero attached hydrogens (tertiary/aromatic N) is 1. The van der Waals surface area contributed by atoms with E-state index in [0.29, 0.717) is 0 Å². The van der Waals surface area contributed by atoms with E-state index in [9.17, 15) is 4.79 Å². The van der Waals surface area contributed by atoms with Crippen LogP contribution in [0.3, 0.4) is 0 Å². The van der Waals surface area contributed by atoms with Crippen molar-refractivity contribution in [1.82, 2.24) is 4.90 Å². The molecule has 1 heterocycles. The van der Waals surface area contributed by atoms with Gasteiger partial charge in [0, 0.05) is 17.2 Å². The van der Waals surface area contributed by atoms with Crippen molar-refractivity contribution in [3.8, 4) is 5.75 Å². The van der Waals surface area contributed by atoms with Crippen molar-refractivity contribution in [3.05, 3.63) is 23.8 Å². The van der Waals surface area contributed by atoms with Crippen LogP contribution in [0.1, 0.15) is 37.8 Å². The van der Waals surface area contributed by atoms with Gasteiger partial charge >= 0.3 is 0 Å². The molecule has 1 aromatic carbocycles. The molecule has 3 nitrogen and oxygen atoms in total. The highest BCUT2D eigenvalue weighted by Gasteiger charge is 2.24. The number of unbranched alkanes of at least 4 members (excludes halogenated alkanes) is 1. The number of rotatable bonds is 5. The van der Waals surface area contributed by atoms with Crippen molar-refractivity contribution in [3.63, 3.8) is 0 Å². The predicted molar refractivity (Wildman–Crippen MR) is 78.8 cm³/mol. The smallest absolute Gasteiger partial charge is 0.210 e. The molecule has 0 bridgehead atoms. The predicted octanol–water partition coefficient (Wildman–Crippen LogP) is 3.49. The molecule has 1 unspecified atom stereocenters. The lowest BCUT2D eigenvalue weighted by molar-refractivity contribution is -0.120. The standard InChI is InChI=1S/C15H21NO2S/c1-3-4-5-14-13-7-6-12(18-2)10-15(13)19-9-8-16(14)11-17/h6-7,10-11,14H,3-5,8-9H2,1-2H3. The van der Waals surface area contributed by atoms with Crippen LogP contribution in [-0.2, 0) is 4.79 Å². The van der Waals surface area contributed by atoms with E-state index in [2.05, 4.69) is 19.1 Å². The number of carbonyl (C=O) groups excluding carboxylic acids is 1. The van der Waals surface area contributed by atoms with Gasteiger partial charge in [0.25, 0.3) is 0 Å². The maximum Gasteiger partial charge on any atom is 0.210 e. The van der Waals surface area contributed by atoms with Crippen molar-refractivity contribution >= 4 is 18.2 Å². The molecule has 1 aliphatic heterocycles. The Kier molecular flexibility index (Phi) is 5.14. The Morgan fingerprint density at radius 1 is 1.53 bits per heavy atom. The molecule has 0 fully saturated rings. The molecule has 1 aliphatic rings. The first-order valence-electron chi connectivity index (χ1n) is 6.82. The minimum absolute atomic E-state index is 0.216. The molecular weight excluding hydrogens is 258 g/mol. The average molecular weight is 279 g/mol. The van der Waals surface area contributed by atoms with Crippen LogP contribution in [0.2, 0.25) is 0 Å². The van der Waals surface area contributed by atoms with E-state index in [1.165, 1.54) is 10.5 Å². The molecule has 4 heteroatoms. The summed E-state index contributed by atoms with van der Waals surface area (Å²) in [5.41, 5.74) is 1.27. The van der Waals surface area contributed by atoms with Crippen molar-refractivity contribution in [2.75, 3.05) is 19.4 Å². The number of ether oxygens (including phenoxy) is 1. The zero-order chi connectivity index (χ0) is 13.7. The molecule has 0 radical (unpaired) electrons. The van der Waals surface area contributed by atoms with Gasteiger partial charge in [-0.3, -0.25) is 4.79 Å². The van der Waals surface area contributed by atoms with Crippen LogP contribution in [0.15, 0.2) is 23.1 Å². The summed E-state index contributed by atoms with van der Waals surface area (Å²) in [4.78, 5) is 14.5. The molecule has 104 valence electrons. The number of amides is 1. The first kappa shape index (κ1) is 14.3. The van der Waals surface area contributed by atoms with Gasteiger partial charge in [0.15, 0.2) is 0 Å². The fourth-order valence-corrected chi connectivity index (χ4v) is 3.57. The Morgan fingerprint density at radius 2 is 2.37 bits per heavy atom. The highest BCUT2D eigenvalue weighted by atomic mass is 32.2. The van der Waals surface area contributed by atoms with Gasteiger partial charge in [0.05, 0.1) is 13.2 Å². The lowest BCUT2D eigenvalue weighted by atomic mass is 9.99.